The first kappa shape index (κ1) is 26.3. The van der Waals surface area contributed by atoms with Crippen LogP contribution in [0, 0.1) is 18.5 Å². The Kier molecular flexibility index (Phi) is 6.37. The summed E-state index contributed by atoms with van der Waals surface area (Å²) in [6.45, 7) is 6.44. The molecule has 0 spiro atoms. The van der Waals surface area contributed by atoms with Gasteiger partial charge in [0.2, 0.25) is 0 Å². The molecule has 0 amide bonds. The van der Waals surface area contributed by atoms with Crippen molar-refractivity contribution in [2.45, 2.75) is 26.2 Å². The van der Waals surface area contributed by atoms with Crippen LogP contribution in [0.4, 0.5) is 0 Å². The van der Waals surface area contributed by atoms with Crippen LogP contribution in [0.5, 0.6) is 11.5 Å². The molecular formula is C58H40N4OPt-2. The average molecular weight is 1020 g/mol. The number of rotatable bonds is 5. The number of benzene rings is 8. The number of pyridine rings is 1. The van der Waals surface area contributed by atoms with E-state index in [0.29, 0.717) is 28.2 Å². The van der Waals surface area contributed by atoms with Gasteiger partial charge in [0.1, 0.15) is 5.82 Å². The molecule has 3 aromatic heterocycles. The summed E-state index contributed by atoms with van der Waals surface area (Å²) in [5.74, 6) is 1.40. The minimum Gasteiger partial charge on any atom is -0.510 e. The third kappa shape index (κ3) is 6.50. The first-order valence-corrected chi connectivity index (χ1v) is 20.2. The fraction of sp³-hybridized carbons (Fsp3) is 0.0690. The van der Waals surface area contributed by atoms with Crippen molar-refractivity contribution >= 4 is 32.8 Å². The second-order valence-corrected chi connectivity index (χ2v) is 16.1. The Labute approximate surface area is 407 Å². The second kappa shape index (κ2) is 15.5. The predicted octanol–water partition coefficient (Wildman–Crippen LogP) is 13.9. The standard InChI is InChI=1S/C58H40N4O.Pt/c1-58(2,3)38-31-32-59-57(33-38)62-53-24-11-10-23-50(53)51-30-28-42(36-56(51)62)63-41-16-14-15-39(34-41)60-37-61(55-26-13-12-25-54(55)60)40-27-29-49-47-21-7-6-19-45(47)43-17-4-5-18-44(43)46-20-8-9-22-48(46)52(49)35-40;/h4-33,35H,1-3H3;/q-2;/i4D,5D,6D,7D,8D,9D,17D,18D,19D,20D,21D,22D,27D,29D,35D;. The number of hydrogen-bond donors (Lipinski definition) is 0. The summed E-state index contributed by atoms with van der Waals surface area (Å²) in [6, 6.07) is 23.5. The molecule has 0 saturated carbocycles. The van der Waals surface area contributed by atoms with Crippen LogP contribution in [0.1, 0.15) is 46.9 Å². The van der Waals surface area contributed by atoms with Crippen molar-refractivity contribution in [3.8, 4) is 73.2 Å². The van der Waals surface area contributed by atoms with Crippen LogP contribution in [0.15, 0.2) is 188 Å². The molecule has 11 aromatic rings. The maximum atomic E-state index is 10.2. The van der Waals surface area contributed by atoms with Gasteiger partial charge in [-0.2, -0.15) is 18.2 Å². The third-order valence-electron chi connectivity index (χ3n) is 11.3. The minimum atomic E-state index is -0.794. The quantitative estimate of drug-likeness (QED) is 0.127. The number of imidazole rings is 1. The maximum Gasteiger partial charge on any atom is 0.268 e. The monoisotopic (exact) mass is 1020 g/mol. The molecule has 310 valence electrons. The predicted molar refractivity (Wildman–Crippen MR) is 254 cm³/mol. The van der Waals surface area contributed by atoms with Gasteiger partial charge in [-0.25, -0.2) is 4.98 Å². The van der Waals surface area contributed by atoms with E-state index in [1.807, 2.05) is 36.4 Å². The average Bonchev–Trinajstić information content (AvgIpc) is 4.06. The summed E-state index contributed by atoms with van der Waals surface area (Å²) < 4.78 is 150. The van der Waals surface area contributed by atoms with E-state index in [1.54, 1.807) is 53.2 Å². The summed E-state index contributed by atoms with van der Waals surface area (Å²) in [7, 11) is 0. The Morgan fingerprint density at radius 2 is 1.20 bits per heavy atom. The number of nitrogens with zero attached hydrogens (tertiary/aromatic N) is 4. The van der Waals surface area contributed by atoms with E-state index in [0.717, 1.165) is 33.2 Å². The van der Waals surface area contributed by atoms with Gasteiger partial charge in [0.05, 0.1) is 37.3 Å². The third-order valence-corrected chi connectivity index (χ3v) is 11.3. The van der Waals surface area contributed by atoms with Crippen LogP contribution >= 0.6 is 0 Å². The van der Waals surface area contributed by atoms with E-state index in [2.05, 4.69) is 55.9 Å². The Bertz CT molecular complexity index is 4480. The van der Waals surface area contributed by atoms with Gasteiger partial charge in [0.15, 0.2) is 0 Å². The molecule has 0 unspecified atom stereocenters. The first-order chi connectivity index (χ1) is 37.1. The van der Waals surface area contributed by atoms with E-state index >= 15 is 0 Å². The molecule has 0 saturated heterocycles. The molecule has 0 radical (unpaired) electrons. The number of para-hydroxylation sites is 3. The molecule has 3 heterocycles. The first-order valence-electron chi connectivity index (χ1n) is 27.7. The van der Waals surface area contributed by atoms with Crippen molar-refractivity contribution in [3.63, 3.8) is 0 Å². The minimum absolute atomic E-state index is 0. The maximum absolute atomic E-state index is 10.2. The van der Waals surface area contributed by atoms with Gasteiger partial charge in [-0.3, -0.25) is 4.57 Å². The van der Waals surface area contributed by atoms with Crippen molar-refractivity contribution in [2.75, 3.05) is 0 Å². The summed E-state index contributed by atoms with van der Waals surface area (Å²) >= 11 is 0. The van der Waals surface area contributed by atoms with Gasteiger partial charge >= 0.3 is 0 Å². The van der Waals surface area contributed by atoms with Crippen LogP contribution in [0.3, 0.4) is 0 Å². The van der Waals surface area contributed by atoms with Crippen LogP contribution < -0.4 is 9.30 Å². The molecule has 64 heavy (non-hydrogen) atoms. The summed E-state index contributed by atoms with van der Waals surface area (Å²) in [6.07, 6.45) is 5.05. The Hall–Kier alpha value is -7.33. The van der Waals surface area contributed by atoms with Crippen LogP contribution in [-0.2, 0) is 26.5 Å². The molecule has 1 aliphatic carbocycles. The number of ether oxygens (including phenoxy) is 1. The van der Waals surface area contributed by atoms with Gasteiger partial charge in [-0.05, 0) is 96.8 Å². The molecule has 0 atom stereocenters. The molecule has 0 bridgehead atoms. The van der Waals surface area contributed by atoms with Crippen LogP contribution in [-0.4, -0.2) is 14.1 Å². The largest absolute Gasteiger partial charge is 0.510 e. The Balaban J connectivity index is 0.00000660. The summed E-state index contributed by atoms with van der Waals surface area (Å²) in [5.41, 5.74) is -0.301. The van der Waals surface area contributed by atoms with Gasteiger partial charge in [-0.15, -0.1) is 29.7 Å². The fourth-order valence-electron chi connectivity index (χ4n) is 8.27. The van der Waals surface area contributed by atoms with E-state index in [-0.39, 0.29) is 32.2 Å². The zero-order valence-corrected chi connectivity index (χ0v) is 36.5. The number of fused-ring (bicyclic) bond motifs is 12. The molecular weight excluding hydrogens is 964 g/mol. The molecule has 1 aliphatic rings. The van der Waals surface area contributed by atoms with Crippen molar-refractivity contribution in [1.82, 2.24) is 14.1 Å². The van der Waals surface area contributed by atoms with Gasteiger partial charge in [0.25, 0.3) is 6.33 Å². The number of hydrogen-bond acceptors (Lipinski definition) is 2. The molecule has 8 aromatic carbocycles. The zero-order chi connectivity index (χ0) is 55.3. The molecule has 5 nitrogen and oxygen atoms in total. The van der Waals surface area contributed by atoms with Gasteiger partial charge in [-0.1, -0.05) is 147 Å². The van der Waals surface area contributed by atoms with E-state index in [1.165, 1.54) is 4.57 Å². The number of aromatic nitrogens is 4. The SMILES string of the molecule is [2H]c1c([2H])c([2H])c2c(c1[2H])-c1c([2H])c([2H])c([2H])c([2H])c1-c1c([2H])c([2H])c(-[n+]3[c-]n(-c4[c-]c(Oc5[c-]c6c(cc5)c5ccccc5n6-c5cc(C(C)(C)C)ccn5)ccc4)c4ccccc43)c([2H])c1-c1c([2H])c([2H])c([2H])c([2H])c1-2.[Pt]. The normalized spacial score (nSPS) is 15.1. The summed E-state index contributed by atoms with van der Waals surface area (Å²) in [4.78, 5) is 4.78. The van der Waals surface area contributed by atoms with E-state index in [4.69, 9.17) is 17.9 Å². The molecule has 0 aliphatic heterocycles. The van der Waals surface area contributed by atoms with E-state index < -0.39 is 135 Å². The zero-order valence-electron chi connectivity index (χ0n) is 49.3. The molecule has 12 rings (SSSR count). The smallest absolute Gasteiger partial charge is 0.268 e. The molecule has 0 fully saturated rings. The van der Waals surface area contributed by atoms with Gasteiger partial charge in [0, 0.05) is 44.3 Å². The van der Waals surface area contributed by atoms with Crippen molar-refractivity contribution in [2.24, 2.45) is 0 Å². The topological polar surface area (TPSA) is 35.9 Å². The fourth-order valence-corrected chi connectivity index (χ4v) is 8.27. The molecule has 6 heteroatoms. The van der Waals surface area contributed by atoms with E-state index in [9.17, 15) is 12.3 Å². The Morgan fingerprint density at radius 1 is 0.594 bits per heavy atom. The Morgan fingerprint density at radius 3 is 1.89 bits per heavy atom. The van der Waals surface area contributed by atoms with Crippen LogP contribution in [0.25, 0.3) is 94.5 Å². The van der Waals surface area contributed by atoms with Crippen molar-refractivity contribution < 1.29 is 50.9 Å². The summed E-state index contributed by atoms with van der Waals surface area (Å²) in [5, 5.41) is 1.95. The van der Waals surface area contributed by atoms with Crippen LogP contribution in [0.2, 0.25) is 0 Å². The second-order valence-electron chi connectivity index (χ2n) is 16.1. The van der Waals surface area contributed by atoms with Crippen molar-refractivity contribution in [3.05, 3.63) is 212 Å². The molecule has 0 N–H and O–H groups in total. The van der Waals surface area contributed by atoms with Gasteiger partial charge < -0.3 is 13.9 Å². The van der Waals surface area contributed by atoms with Crippen molar-refractivity contribution in [1.29, 1.82) is 0 Å².